The molecule has 4 N–H and O–H groups in total. The first-order valence-electron chi connectivity index (χ1n) is 6.17. The Labute approximate surface area is 103 Å². The van der Waals surface area contributed by atoms with Gasteiger partial charge in [0.2, 0.25) is 5.91 Å². The van der Waals surface area contributed by atoms with Crippen molar-refractivity contribution in [2.75, 3.05) is 6.54 Å². The van der Waals surface area contributed by atoms with Gasteiger partial charge in [0.25, 0.3) is 0 Å². The minimum absolute atomic E-state index is 0.0711. The molecule has 2 unspecified atom stereocenters. The number of carboxylic acids is 1. The fraction of sp³-hybridized carbons (Fsp3) is 0.833. The SMILES string of the molecule is CCC(C)[C@H](NC(=O)C(C)CCCN)C(=O)O. The smallest absolute Gasteiger partial charge is 0.326 e. The molecule has 0 aliphatic rings. The van der Waals surface area contributed by atoms with Gasteiger partial charge in [-0.2, -0.15) is 0 Å². The van der Waals surface area contributed by atoms with Gasteiger partial charge in [-0.1, -0.05) is 27.2 Å². The molecule has 0 aromatic carbocycles. The molecule has 0 radical (unpaired) electrons. The maximum Gasteiger partial charge on any atom is 0.326 e. The Morgan fingerprint density at radius 2 is 1.94 bits per heavy atom. The Balaban J connectivity index is 4.35. The molecule has 0 saturated carbocycles. The second-order valence-electron chi connectivity index (χ2n) is 4.54. The van der Waals surface area contributed by atoms with E-state index in [2.05, 4.69) is 5.32 Å². The van der Waals surface area contributed by atoms with Crippen molar-refractivity contribution in [3.8, 4) is 0 Å². The lowest BCUT2D eigenvalue weighted by molar-refractivity contribution is -0.144. The van der Waals surface area contributed by atoms with Gasteiger partial charge in [0, 0.05) is 5.92 Å². The maximum atomic E-state index is 11.8. The highest BCUT2D eigenvalue weighted by Gasteiger charge is 2.26. The molecule has 0 saturated heterocycles. The third-order valence-corrected chi connectivity index (χ3v) is 3.07. The minimum Gasteiger partial charge on any atom is -0.480 e. The molecule has 0 rings (SSSR count). The van der Waals surface area contributed by atoms with Gasteiger partial charge >= 0.3 is 5.97 Å². The topological polar surface area (TPSA) is 92.4 Å². The van der Waals surface area contributed by atoms with Crippen LogP contribution in [0.2, 0.25) is 0 Å². The van der Waals surface area contributed by atoms with E-state index in [4.69, 9.17) is 10.8 Å². The monoisotopic (exact) mass is 244 g/mol. The van der Waals surface area contributed by atoms with Crippen molar-refractivity contribution < 1.29 is 14.7 Å². The number of rotatable bonds is 8. The molecule has 0 spiro atoms. The number of hydrogen-bond acceptors (Lipinski definition) is 3. The number of hydrogen-bond donors (Lipinski definition) is 3. The van der Waals surface area contributed by atoms with Crippen molar-refractivity contribution in [3.63, 3.8) is 0 Å². The Morgan fingerprint density at radius 3 is 2.35 bits per heavy atom. The molecular weight excluding hydrogens is 220 g/mol. The highest BCUT2D eigenvalue weighted by molar-refractivity contribution is 5.84. The van der Waals surface area contributed by atoms with Crippen LogP contribution in [0.5, 0.6) is 0 Å². The van der Waals surface area contributed by atoms with E-state index in [1.54, 1.807) is 6.92 Å². The van der Waals surface area contributed by atoms with Crippen molar-refractivity contribution in [2.45, 2.75) is 46.1 Å². The molecule has 100 valence electrons. The van der Waals surface area contributed by atoms with Crippen LogP contribution in [0.4, 0.5) is 0 Å². The van der Waals surface area contributed by atoms with Crippen LogP contribution in [-0.2, 0) is 9.59 Å². The number of carbonyl (C=O) groups excluding carboxylic acids is 1. The van der Waals surface area contributed by atoms with E-state index >= 15 is 0 Å². The molecule has 0 aromatic rings. The summed E-state index contributed by atoms with van der Waals surface area (Å²) in [6, 6.07) is -0.798. The third kappa shape index (κ3) is 5.68. The van der Waals surface area contributed by atoms with Gasteiger partial charge in [0.1, 0.15) is 6.04 Å². The van der Waals surface area contributed by atoms with Gasteiger partial charge in [-0.25, -0.2) is 4.79 Å². The van der Waals surface area contributed by atoms with Crippen LogP contribution < -0.4 is 11.1 Å². The summed E-state index contributed by atoms with van der Waals surface area (Å²) in [5.41, 5.74) is 5.37. The summed E-state index contributed by atoms with van der Waals surface area (Å²) < 4.78 is 0. The molecule has 0 bridgehead atoms. The van der Waals surface area contributed by atoms with Crippen molar-refractivity contribution in [3.05, 3.63) is 0 Å². The van der Waals surface area contributed by atoms with Gasteiger partial charge in [-0.15, -0.1) is 0 Å². The highest BCUT2D eigenvalue weighted by atomic mass is 16.4. The minimum atomic E-state index is -0.973. The molecule has 17 heavy (non-hydrogen) atoms. The fourth-order valence-electron chi connectivity index (χ4n) is 1.53. The lowest BCUT2D eigenvalue weighted by atomic mass is 9.97. The van der Waals surface area contributed by atoms with Gasteiger partial charge < -0.3 is 16.2 Å². The van der Waals surface area contributed by atoms with Crippen molar-refractivity contribution >= 4 is 11.9 Å². The quantitative estimate of drug-likeness (QED) is 0.593. The van der Waals surface area contributed by atoms with E-state index in [1.165, 1.54) is 0 Å². The van der Waals surface area contributed by atoms with Gasteiger partial charge in [-0.3, -0.25) is 4.79 Å². The molecule has 0 heterocycles. The zero-order chi connectivity index (χ0) is 13.4. The molecular formula is C12H24N2O3. The first-order chi connectivity index (χ1) is 7.93. The lowest BCUT2D eigenvalue weighted by Crippen LogP contribution is -2.46. The summed E-state index contributed by atoms with van der Waals surface area (Å²) in [4.78, 5) is 22.8. The predicted molar refractivity (Wildman–Crippen MR) is 66.5 cm³/mol. The Morgan fingerprint density at radius 1 is 1.35 bits per heavy atom. The van der Waals surface area contributed by atoms with Crippen LogP contribution in [0.1, 0.15) is 40.0 Å². The molecule has 0 aromatic heterocycles. The van der Waals surface area contributed by atoms with Crippen LogP contribution >= 0.6 is 0 Å². The molecule has 1 amide bonds. The average molecular weight is 244 g/mol. The van der Waals surface area contributed by atoms with Gasteiger partial charge in [-0.05, 0) is 25.3 Å². The van der Waals surface area contributed by atoms with E-state index in [-0.39, 0.29) is 17.7 Å². The van der Waals surface area contributed by atoms with E-state index < -0.39 is 12.0 Å². The van der Waals surface area contributed by atoms with Crippen molar-refractivity contribution in [2.24, 2.45) is 17.6 Å². The fourth-order valence-corrected chi connectivity index (χ4v) is 1.53. The van der Waals surface area contributed by atoms with E-state index in [1.807, 2.05) is 13.8 Å². The molecule has 0 fully saturated rings. The van der Waals surface area contributed by atoms with Crippen molar-refractivity contribution in [1.82, 2.24) is 5.32 Å². The maximum absolute atomic E-state index is 11.8. The van der Waals surface area contributed by atoms with Crippen LogP contribution in [0.15, 0.2) is 0 Å². The first-order valence-corrected chi connectivity index (χ1v) is 6.17. The number of carboxylic acid groups (broad SMARTS) is 1. The van der Waals surface area contributed by atoms with Crippen LogP contribution in [0, 0.1) is 11.8 Å². The van der Waals surface area contributed by atoms with Crippen LogP contribution in [0.25, 0.3) is 0 Å². The van der Waals surface area contributed by atoms with E-state index in [0.29, 0.717) is 19.4 Å². The Bertz CT molecular complexity index is 256. The highest BCUT2D eigenvalue weighted by Crippen LogP contribution is 2.11. The van der Waals surface area contributed by atoms with Gasteiger partial charge in [0.15, 0.2) is 0 Å². The molecule has 0 aliphatic heterocycles. The molecule has 5 nitrogen and oxygen atoms in total. The van der Waals surface area contributed by atoms with Crippen LogP contribution in [-0.4, -0.2) is 29.6 Å². The zero-order valence-corrected chi connectivity index (χ0v) is 10.9. The summed E-state index contributed by atoms with van der Waals surface area (Å²) in [6.45, 7) is 6.07. The first kappa shape index (κ1) is 15.9. The Hall–Kier alpha value is -1.10. The number of carbonyl (C=O) groups is 2. The summed E-state index contributed by atoms with van der Waals surface area (Å²) in [5, 5.41) is 11.6. The summed E-state index contributed by atoms with van der Waals surface area (Å²) in [7, 11) is 0. The second kappa shape index (κ2) is 8.06. The molecule has 3 atom stereocenters. The number of amides is 1. The Kier molecular flexibility index (Phi) is 7.54. The molecule has 5 heteroatoms. The third-order valence-electron chi connectivity index (χ3n) is 3.07. The summed E-state index contributed by atoms with van der Waals surface area (Å²) in [5.74, 6) is -1.44. The standard InChI is InChI=1S/C12H24N2O3/c1-4-8(2)10(12(16)17)14-11(15)9(3)6-5-7-13/h8-10H,4-7,13H2,1-3H3,(H,14,15)(H,16,17)/t8?,9?,10-/m0/s1. The predicted octanol–water partition coefficient (Wildman–Crippen LogP) is 0.977. The van der Waals surface area contributed by atoms with Crippen molar-refractivity contribution in [1.29, 1.82) is 0 Å². The largest absolute Gasteiger partial charge is 0.480 e. The zero-order valence-electron chi connectivity index (χ0n) is 10.9. The lowest BCUT2D eigenvalue weighted by Gasteiger charge is -2.22. The van der Waals surface area contributed by atoms with E-state index in [9.17, 15) is 9.59 Å². The van der Waals surface area contributed by atoms with Gasteiger partial charge in [0.05, 0.1) is 0 Å². The van der Waals surface area contributed by atoms with Crippen LogP contribution in [0.3, 0.4) is 0 Å². The molecule has 0 aliphatic carbocycles. The summed E-state index contributed by atoms with van der Waals surface area (Å²) in [6.07, 6.45) is 2.18. The summed E-state index contributed by atoms with van der Waals surface area (Å²) >= 11 is 0. The average Bonchev–Trinajstić information content (AvgIpc) is 2.31. The van der Waals surface area contributed by atoms with E-state index in [0.717, 1.165) is 6.42 Å². The number of nitrogens with one attached hydrogen (secondary N) is 1. The second-order valence-corrected chi connectivity index (χ2v) is 4.54. The normalized spacial score (nSPS) is 16.0. The number of nitrogens with two attached hydrogens (primary N) is 1. The number of aliphatic carboxylic acids is 1.